The Kier molecular flexibility index (Phi) is 8.95. The minimum Gasteiger partial charge on any atom is -0.507 e. The molecule has 0 aliphatic heterocycles. The zero-order chi connectivity index (χ0) is 23.9. The molecule has 176 valence electrons. The summed E-state index contributed by atoms with van der Waals surface area (Å²) in [6.07, 6.45) is 4.98. The Morgan fingerprint density at radius 3 is 1.94 bits per heavy atom. The number of phenolic OH excluding ortho intramolecular Hbond substituents is 1. The molecule has 2 aromatic carbocycles. The van der Waals surface area contributed by atoms with Gasteiger partial charge >= 0.3 is 0 Å². The molecule has 32 heavy (non-hydrogen) atoms. The first-order chi connectivity index (χ1) is 14.9. The molecule has 0 bridgehead atoms. The van der Waals surface area contributed by atoms with Crippen molar-refractivity contribution in [2.24, 2.45) is 0 Å². The number of phenols is 1. The highest BCUT2D eigenvalue weighted by atomic mass is 16.3. The van der Waals surface area contributed by atoms with Gasteiger partial charge in [-0.15, -0.1) is 0 Å². The molecule has 2 rings (SSSR count). The highest BCUT2D eigenvalue weighted by Crippen LogP contribution is 2.42. The van der Waals surface area contributed by atoms with E-state index in [4.69, 9.17) is 0 Å². The van der Waals surface area contributed by atoms with Gasteiger partial charge in [-0.05, 0) is 39.5 Å². The van der Waals surface area contributed by atoms with Crippen LogP contribution in [-0.4, -0.2) is 17.6 Å². The van der Waals surface area contributed by atoms with Crippen LogP contribution in [0.3, 0.4) is 0 Å². The van der Waals surface area contributed by atoms with Gasteiger partial charge in [0.1, 0.15) is 5.75 Å². The van der Waals surface area contributed by atoms with E-state index < -0.39 is 0 Å². The molecule has 0 aliphatic carbocycles. The number of rotatable bonds is 9. The molecule has 3 nitrogen and oxygen atoms in total. The Labute approximate surface area is 195 Å². The van der Waals surface area contributed by atoms with Crippen LogP contribution >= 0.6 is 0 Å². The van der Waals surface area contributed by atoms with Crippen LogP contribution in [0.1, 0.15) is 109 Å². The molecule has 0 saturated heterocycles. The van der Waals surface area contributed by atoms with Crippen LogP contribution in [0.2, 0.25) is 0 Å². The predicted octanol–water partition coefficient (Wildman–Crippen LogP) is 7.21. The van der Waals surface area contributed by atoms with E-state index in [1.807, 2.05) is 18.2 Å². The summed E-state index contributed by atoms with van der Waals surface area (Å²) in [7, 11) is 0. The quantitative estimate of drug-likeness (QED) is 0.407. The number of aromatic hydroxyl groups is 1. The Bertz CT molecular complexity index is 837. The molecule has 0 spiro atoms. The molecule has 0 aromatic heterocycles. The van der Waals surface area contributed by atoms with Gasteiger partial charge in [0.15, 0.2) is 0 Å². The first-order valence-electron chi connectivity index (χ1n) is 12.1. The topological polar surface area (TPSA) is 49.3 Å². The van der Waals surface area contributed by atoms with E-state index in [0.717, 1.165) is 41.6 Å². The van der Waals surface area contributed by atoms with Crippen LogP contribution in [0.15, 0.2) is 42.5 Å². The number of hydrogen-bond acceptors (Lipinski definition) is 2. The number of nitrogens with one attached hydrogen (secondary N) is 1. The van der Waals surface area contributed by atoms with E-state index in [9.17, 15) is 9.90 Å². The van der Waals surface area contributed by atoms with Crippen molar-refractivity contribution in [2.45, 2.75) is 97.3 Å². The third-order valence-electron chi connectivity index (χ3n) is 6.09. The summed E-state index contributed by atoms with van der Waals surface area (Å²) in [6, 6.07) is 14.5. The lowest BCUT2D eigenvalue weighted by Crippen LogP contribution is -2.27. The van der Waals surface area contributed by atoms with Gasteiger partial charge in [-0.2, -0.15) is 0 Å². The van der Waals surface area contributed by atoms with E-state index in [1.165, 1.54) is 12.8 Å². The molecule has 2 N–H and O–H groups in total. The van der Waals surface area contributed by atoms with Crippen molar-refractivity contribution in [1.82, 2.24) is 5.32 Å². The van der Waals surface area contributed by atoms with Crippen LogP contribution in [-0.2, 0) is 15.6 Å². The van der Waals surface area contributed by atoms with Gasteiger partial charge in [0, 0.05) is 18.9 Å². The Morgan fingerprint density at radius 2 is 1.44 bits per heavy atom. The van der Waals surface area contributed by atoms with E-state index in [1.54, 1.807) is 0 Å². The van der Waals surface area contributed by atoms with E-state index in [2.05, 4.69) is 78.0 Å². The Morgan fingerprint density at radius 1 is 0.875 bits per heavy atom. The second kappa shape index (κ2) is 11.0. The second-order valence-electron chi connectivity index (χ2n) is 11.0. The lowest BCUT2D eigenvalue weighted by atomic mass is 9.75. The Hall–Kier alpha value is -2.29. The van der Waals surface area contributed by atoms with Crippen LogP contribution in [0.5, 0.6) is 5.75 Å². The van der Waals surface area contributed by atoms with Crippen molar-refractivity contribution >= 4 is 5.91 Å². The van der Waals surface area contributed by atoms with Crippen LogP contribution in [0.25, 0.3) is 0 Å². The summed E-state index contributed by atoms with van der Waals surface area (Å²) < 4.78 is 0. The van der Waals surface area contributed by atoms with E-state index in [0.29, 0.717) is 12.2 Å². The van der Waals surface area contributed by atoms with E-state index >= 15 is 0 Å². The average Bonchev–Trinajstić information content (AvgIpc) is 2.71. The largest absolute Gasteiger partial charge is 0.507 e. The maximum atomic E-state index is 12.9. The van der Waals surface area contributed by atoms with Crippen molar-refractivity contribution in [2.75, 3.05) is 6.54 Å². The highest BCUT2D eigenvalue weighted by molar-refractivity contribution is 5.77. The number of hydrogen-bond donors (Lipinski definition) is 2. The fraction of sp³-hybridized carbons (Fsp3) is 0.552. The number of benzene rings is 2. The molecule has 0 radical (unpaired) electrons. The van der Waals surface area contributed by atoms with Crippen molar-refractivity contribution in [3.63, 3.8) is 0 Å². The summed E-state index contributed by atoms with van der Waals surface area (Å²) in [5.74, 6) is 0.397. The zero-order valence-corrected chi connectivity index (χ0v) is 21.2. The highest BCUT2D eigenvalue weighted by Gasteiger charge is 2.29. The van der Waals surface area contributed by atoms with Gasteiger partial charge in [0.05, 0.1) is 0 Å². The summed E-state index contributed by atoms with van der Waals surface area (Å²) in [6.45, 7) is 15.7. The third-order valence-corrected chi connectivity index (χ3v) is 6.09. The third kappa shape index (κ3) is 7.12. The van der Waals surface area contributed by atoms with Crippen LogP contribution in [0, 0.1) is 0 Å². The fourth-order valence-electron chi connectivity index (χ4n) is 4.15. The van der Waals surface area contributed by atoms with Crippen molar-refractivity contribution in [3.05, 3.63) is 64.7 Å². The first kappa shape index (κ1) is 26.0. The lowest BCUT2D eigenvalue weighted by Gasteiger charge is -2.30. The van der Waals surface area contributed by atoms with Crippen LogP contribution in [0.4, 0.5) is 0 Å². The lowest BCUT2D eigenvalue weighted by molar-refractivity contribution is -0.121. The summed E-state index contributed by atoms with van der Waals surface area (Å²) in [4.78, 5) is 12.9. The zero-order valence-electron chi connectivity index (χ0n) is 21.2. The molecule has 1 atom stereocenters. The molecule has 0 fully saturated rings. The second-order valence-corrected chi connectivity index (χ2v) is 11.0. The summed E-state index contributed by atoms with van der Waals surface area (Å²) in [5.41, 5.74) is 3.66. The first-order valence-corrected chi connectivity index (χ1v) is 12.1. The van der Waals surface area contributed by atoms with Gasteiger partial charge in [-0.1, -0.05) is 110 Å². The maximum Gasteiger partial charge on any atom is 0.220 e. The van der Waals surface area contributed by atoms with E-state index in [-0.39, 0.29) is 22.7 Å². The molecular formula is C29H43NO2. The normalized spacial score (nSPS) is 13.1. The van der Waals surface area contributed by atoms with Crippen molar-refractivity contribution in [3.8, 4) is 5.75 Å². The number of carbonyl (C=O) groups is 1. The van der Waals surface area contributed by atoms with Gasteiger partial charge < -0.3 is 10.4 Å². The molecule has 3 heteroatoms. The van der Waals surface area contributed by atoms with Crippen molar-refractivity contribution in [1.29, 1.82) is 0 Å². The minimum atomic E-state index is -0.205. The summed E-state index contributed by atoms with van der Waals surface area (Å²) >= 11 is 0. The minimum absolute atomic E-state index is 0.0605. The molecule has 1 amide bonds. The predicted molar refractivity (Wildman–Crippen MR) is 136 cm³/mol. The van der Waals surface area contributed by atoms with Gasteiger partial charge in [-0.25, -0.2) is 0 Å². The van der Waals surface area contributed by atoms with Gasteiger partial charge in [0.25, 0.3) is 0 Å². The Balaban J connectivity index is 2.44. The van der Waals surface area contributed by atoms with Crippen LogP contribution < -0.4 is 5.32 Å². The summed E-state index contributed by atoms with van der Waals surface area (Å²) in [5, 5.41) is 14.3. The SMILES string of the molecule is CCCCCCNC(=O)CC(c1ccccc1)c1cc(C(C)(C)C)c(O)c(C(C)(C)C)c1. The van der Waals surface area contributed by atoms with Crippen molar-refractivity contribution < 1.29 is 9.90 Å². The molecule has 0 heterocycles. The molecule has 0 aliphatic rings. The molecular weight excluding hydrogens is 394 g/mol. The average molecular weight is 438 g/mol. The van der Waals surface area contributed by atoms with Gasteiger partial charge in [-0.3, -0.25) is 4.79 Å². The number of carbonyl (C=O) groups excluding carboxylic acids is 1. The molecule has 2 aromatic rings. The fourth-order valence-corrected chi connectivity index (χ4v) is 4.15. The number of unbranched alkanes of at least 4 members (excludes halogenated alkanes) is 3. The van der Waals surface area contributed by atoms with Gasteiger partial charge in [0.2, 0.25) is 5.91 Å². The molecule has 1 unspecified atom stereocenters. The maximum absolute atomic E-state index is 12.9. The monoisotopic (exact) mass is 437 g/mol. The number of amides is 1. The molecule has 0 saturated carbocycles. The smallest absolute Gasteiger partial charge is 0.220 e. The standard InChI is InChI=1S/C29H43NO2/c1-8-9-10-14-17-30-26(31)20-23(21-15-12-11-13-16-21)22-18-24(28(2,3)4)27(32)25(19-22)29(5,6)7/h11-13,15-16,18-19,23,32H,8-10,14,17,20H2,1-7H3,(H,30,31).